The molecule has 0 N–H and O–H groups in total. The van der Waals surface area contributed by atoms with Crippen molar-refractivity contribution in [2.24, 2.45) is 0 Å². The summed E-state index contributed by atoms with van der Waals surface area (Å²) in [5.41, 5.74) is -4.08. The molecule has 1 saturated heterocycles. The molecule has 1 fully saturated rings. The normalized spacial score (nSPS) is 17.6. The number of nitrogens with zero attached hydrogens (tertiary/aromatic N) is 2. The molecule has 1 aliphatic heterocycles. The number of carbonyl (C=O) groups excluding carboxylic acids is 1. The molecule has 1 aliphatic rings. The van der Waals surface area contributed by atoms with Gasteiger partial charge in [-0.15, -0.1) is 0 Å². The summed E-state index contributed by atoms with van der Waals surface area (Å²) in [5.74, 6) is -0.311. The van der Waals surface area contributed by atoms with Gasteiger partial charge in [-0.2, -0.15) is 13.2 Å². The van der Waals surface area contributed by atoms with Crippen LogP contribution in [0.2, 0.25) is 0 Å². The Morgan fingerprint density at radius 3 is 2.25 bits per heavy atom. The van der Waals surface area contributed by atoms with Gasteiger partial charge in [0.05, 0.1) is 6.26 Å². The molecule has 0 saturated carbocycles. The fraction of sp³-hybridized carbons (Fsp3) is 0.500. The number of halogens is 3. The third-order valence-electron chi connectivity index (χ3n) is 3.55. The molecule has 0 unspecified atom stereocenters. The van der Waals surface area contributed by atoms with Gasteiger partial charge in [0.25, 0.3) is 5.91 Å². The Morgan fingerprint density at radius 2 is 1.71 bits per heavy atom. The van der Waals surface area contributed by atoms with Crippen molar-refractivity contribution in [1.82, 2.24) is 9.21 Å². The lowest BCUT2D eigenvalue weighted by Crippen LogP contribution is -2.36. The van der Waals surface area contributed by atoms with Gasteiger partial charge < -0.3 is 4.90 Å². The van der Waals surface area contributed by atoms with E-state index < -0.39 is 15.5 Å². The van der Waals surface area contributed by atoms with Crippen LogP contribution in [-0.2, 0) is 10.0 Å². The number of hydrogen-bond acceptors (Lipinski definition) is 4. The van der Waals surface area contributed by atoms with Crippen molar-refractivity contribution in [1.29, 1.82) is 0 Å². The highest BCUT2D eigenvalue weighted by molar-refractivity contribution is 8.00. The Morgan fingerprint density at radius 1 is 1.08 bits per heavy atom. The van der Waals surface area contributed by atoms with Crippen LogP contribution in [0.5, 0.6) is 0 Å². The minimum atomic E-state index is -4.37. The maximum atomic E-state index is 12.4. The van der Waals surface area contributed by atoms with E-state index in [1.54, 1.807) is 0 Å². The maximum Gasteiger partial charge on any atom is 0.446 e. The number of amides is 1. The van der Waals surface area contributed by atoms with Crippen molar-refractivity contribution in [3.05, 3.63) is 29.8 Å². The summed E-state index contributed by atoms with van der Waals surface area (Å²) < 4.78 is 61.4. The highest BCUT2D eigenvalue weighted by atomic mass is 32.2. The summed E-state index contributed by atoms with van der Waals surface area (Å²) in [6, 6.07) is 5.23. The molecule has 0 aliphatic carbocycles. The highest BCUT2D eigenvalue weighted by Gasteiger charge is 2.29. The van der Waals surface area contributed by atoms with E-state index in [1.165, 1.54) is 33.5 Å². The Bertz CT molecular complexity index is 690. The fourth-order valence-electron chi connectivity index (χ4n) is 2.41. The van der Waals surface area contributed by atoms with Crippen molar-refractivity contribution in [2.45, 2.75) is 16.8 Å². The second-order valence-corrected chi connectivity index (χ2v) is 8.50. The van der Waals surface area contributed by atoms with Crippen LogP contribution in [0.25, 0.3) is 0 Å². The SMILES string of the molecule is CS(=O)(=O)N1CCCN(C(=O)c2ccc(SC(F)(F)F)cc2)CC1. The van der Waals surface area contributed by atoms with Crippen LogP contribution < -0.4 is 0 Å². The van der Waals surface area contributed by atoms with Gasteiger partial charge in [-0.3, -0.25) is 4.79 Å². The molecule has 0 aromatic heterocycles. The Balaban J connectivity index is 2.03. The molecule has 0 atom stereocenters. The molecule has 2 rings (SSSR count). The van der Waals surface area contributed by atoms with E-state index in [0.29, 0.717) is 19.5 Å². The third-order valence-corrected chi connectivity index (χ3v) is 5.59. The van der Waals surface area contributed by atoms with E-state index in [9.17, 15) is 26.4 Å². The van der Waals surface area contributed by atoms with Crippen molar-refractivity contribution in [2.75, 3.05) is 32.4 Å². The minimum absolute atomic E-state index is 0.0122. The molecule has 0 radical (unpaired) electrons. The molecule has 1 heterocycles. The van der Waals surface area contributed by atoms with Crippen molar-refractivity contribution in [3.8, 4) is 0 Å². The number of rotatable bonds is 3. The van der Waals surface area contributed by atoms with Crippen molar-refractivity contribution >= 4 is 27.7 Å². The van der Waals surface area contributed by atoms with E-state index >= 15 is 0 Å². The Labute approximate surface area is 142 Å². The molecule has 24 heavy (non-hydrogen) atoms. The first kappa shape index (κ1) is 19.1. The van der Waals surface area contributed by atoms with Crippen LogP contribution >= 0.6 is 11.8 Å². The Hall–Kier alpha value is -1.26. The summed E-state index contributed by atoms with van der Waals surface area (Å²) >= 11 is -0.235. The standard InChI is InChI=1S/C14H17F3N2O3S2/c1-24(21,22)19-8-2-7-18(9-10-19)13(20)11-3-5-12(6-4-11)23-14(15,16)17/h3-6H,2,7-10H2,1H3. The fourth-order valence-corrected chi connectivity index (χ4v) is 3.82. The molecule has 134 valence electrons. The van der Waals surface area contributed by atoms with E-state index in [-0.39, 0.29) is 41.2 Å². The van der Waals surface area contributed by atoms with Crippen LogP contribution in [0.3, 0.4) is 0 Å². The largest absolute Gasteiger partial charge is 0.446 e. The number of benzene rings is 1. The van der Waals surface area contributed by atoms with Crippen LogP contribution in [0.15, 0.2) is 29.2 Å². The molecular formula is C14H17F3N2O3S2. The number of sulfonamides is 1. The zero-order valence-electron chi connectivity index (χ0n) is 12.9. The monoisotopic (exact) mass is 382 g/mol. The number of carbonyl (C=O) groups is 1. The maximum absolute atomic E-state index is 12.4. The van der Waals surface area contributed by atoms with Gasteiger partial charge in [0, 0.05) is 36.6 Å². The van der Waals surface area contributed by atoms with Gasteiger partial charge >= 0.3 is 5.51 Å². The quantitative estimate of drug-likeness (QED) is 0.754. The van der Waals surface area contributed by atoms with E-state index in [4.69, 9.17) is 0 Å². The van der Waals surface area contributed by atoms with Gasteiger partial charge in [0.1, 0.15) is 0 Å². The predicted molar refractivity (Wildman–Crippen MR) is 85.3 cm³/mol. The average molecular weight is 382 g/mol. The summed E-state index contributed by atoms with van der Waals surface area (Å²) in [4.78, 5) is 14.0. The summed E-state index contributed by atoms with van der Waals surface area (Å²) in [6.45, 7) is 1.23. The first-order valence-electron chi connectivity index (χ1n) is 7.16. The number of thioether (sulfide) groups is 1. The van der Waals surface area contributed by atoms with Crippen LogP contribution in [0, 0.1) is 0 Å². The van der Waals surface area contributed by atoms with Crippen LogP contribution in [0.1, 0.15) is 16.8 Å². The lowest BCUT2D eigenvalue weighted by molar-refractivity contribution is -0.0328. The molecule has 1 aromatic rings. The smallest absolute Gasteiger partial charge is 0.337 e. The molecule has 0 bridgehead atoms. The number of alkyl halides is 3. The van der Waals surface area contributed by atoms with Gasteiger partial charge in [-0.1, -0.05) is 0 Å². The van der Waals surface area contributed by atoms with E-state index in [0.717, 1.165) is 6.26 Å². The summed E-state index contributed by atoms with van der Waals surface area (Å²) in [5, 5.41) is 0. The van der Waals surface area contributed by atoms with Gasteiger partial charge in [0.2, 0.25) is 10.0 Å². The van der Waals surface area contributed by atoms with Crippen molar-refractivity contribution < 1.29 is 26.4 Å². The van der Waals surface area contributed by atoms with E-state index in [1.807, 2.05) is 0 Å². The topological polar surface area (TPSA) is 57.7 Å². The molecule has 1 amide bonds. The molecule has 5 nitrogen and oxygen atoms in total. The zero-order valence-corrected chi connectivity index (χ0v) is 14.5. The summed E-state index contributed by atoms with van der Waals surface area (Å²) in [7, 11) is -3.30. The van der Waals surface area contributed by atoms with E-state index in [2.05, 4.69) is 0 Å². The Kier molecular flexibility index (Phi) is 5.82. The number of hydrogen-bond donors (Lipinski definition) is 0. The second-order valence-electron chi connectivity index (χ2n) is 5.38. The average Bonchev–Trinajstić information content (AvgIpc) is 2.71. The second kappa shape index (κ2) is 7.32. The third kappa shape index (κ3) is 5.38. The molecule has 0 spiro atoms. The predicted octanol–water partition coefficient (Wildman–Crippen LogP) is 2.41. The van der Waals surface area contributed by atoms with Crippen LogP contribution in [0.4, 0.5) is 13.2 Å². The van der Waals surface area contributed by atoms with Crippen molar-refractivity contribution in [3.63, 3.8) is 0 Å². The molecule has 1 aromatic carbocycles. The van der Waals surface area contributed by atoms with Gasteiger partial charge in [-0.05, 0) is 42.4 Å². The first-order valence-corrected chi connectivity index (χ1v) is 9.83. The van der Waals surface area contributed by atoms with Gasteiger partial charge in [0.15, 0.2) is 0 Å². The first-order chi connectivity index (χ1) is 11.1. The molecule has 10 heteroatoms. The zero-order chi connectivity index (χ0) is 18.0. The molecular weight excluding hydrogens is 365 g/mol. The highest BCUT2D eigenvalue weighted by Crippen LogP contribution is 2.36. The summed E-state index contributed by atoms with van der Waals surface area (Å²) in [6.07, 6.45) is 1.64. The van der Waals surface area contributed by atoms with Gasteiger partial charge in [-0.25, -0.2) is 12.7 Å². The lowest BCUT2D eigenvalue weighted by atomic mass is 10.2. The van der Waals surface area contributed by atoms with Crippen LogP contribution in [-0.4, -0.2) is 61.5 Å². The minimum Gasteiger partial charge on any atom is -0.337 e. The lowest BCUT2D eigenvalue weighted by Gasteiger charge is -2.21.